The van der Waals surface area contributed by atoms with Gasteiger partial charge in [0.1, 0.15) is 5.75 Å². The van der Waals surface area contributed by atoms with Gasteiger partial charge >= 0.3 is 0 Å². The van der Waals surface area contributed by atoms with Crippen molar-refractivity contribution >= 4 is 20.7 Å². The van der Waals surface area contributed by atoms with E-state index in [-0.39, 0.29) is 17.5 Å². The maximum Gasteiger partial charge on any atom is 0.158 e. The highest BCUT2D eigenvalue weighted by atomic mass is 32.2. The summed E-state index contributed by atoms with van der Waals surface area (Å²) in [6.45, 7) is 7.41. The first kappa shape index (κ1) is 14.9. The smallest absolute Gasteiger partial charge is 0.158 e. The molecule has 0 radical (unpaired) electrons. The average molecular weight is 295 g/mol. The number of aromatic hydroxyl groups is 1. The van der Waals surface area contributed by atoms with Crippen molar-refractivity contribution in [3.63, 3.8) is 0 Å². The zero-order chi connectivity index (χ0) is 15.1. The highest BCUT2D eigenvalue weighted by Gasteiger charge is 2.21. The molecule has 0 aliphatic heterocycles. The minimum absolute atomic E-state index is 0.0261. The maximum atomic E-state index is 12.2. The van der Waals surface area contributed by atoms with Crippen LogP contribution in [0.1, 0.15) is 39.4 Å². The van der Waals surface area contributed by atoms with Gasteiger partial charge in [-0.2, -0.15) is 0 Å². The molecule has 0 saturated heterocycles. The second kappa shape index (κ2) is 5.13. The van der Waals surface area contributed by atoms with Crippen molar-refractivity contribution in [3.8, 4) is 5.75 Å². The molecular weight excluding hydrogens is 274 g/mol. The van der Waals surface area contributed by atoms with E-state index in [1.807, 2.05) is 30.5 Å². The van der Waals surface area contributed by atoms with Gasteiger partial charge in [0.15, 0.2) is 9.84 Å². The normalized spacial score (nSPS) is 12.7. The molecule has 0 atom stereocenters. The number of phenols is 1. The maximum absolute atomic E-state index is 12.2. The van der Waals surface area contributed by atoms with Crippen molar-refractivity contribution < 1.29 is 13.5 Å². The third kappa shape index (κ3) is 2.68. The largest absolute Gasteiger partial charge is 0.508 e. The number of benzene rings is 1. The molecule has 0 saturated carbocycles. The van der Waals surface area contributed by atoms with E-state index in [1.54, 1.807) is 26.0 Å². The number of sulfone groups is 1. The molecule has 2 aromatic rings. The standard InChI is InChI=1S/C15H21NO3S/c1-10(2)16-13(9-20(18,19)11(3)4)7-12-5-6-14(17)8-15(12)16/h5-8,10-11,17H,9H2,1-4H3. The predicted octanol–water partition coefficient (Wildman–Crippen LogP) is 3.25. The Labute approximate surface area is 120 Å². The van der Waals surface area contributed by atoms with Crippen molar-refractivity contribution in [2.24, 2.45) is 0 Å². The molecule has 110 valence electrons. The molecule has 0 fully saturated rings. The topological polar surface area (TPSA) is 59.3 Å². The van der Waals surface area contributed by atoms with E-state index in [0.717, 1.165) is 16.6 Å². The Hall–Kier alpha value is -1.49. The lowest BCUT2D eigenvalue weighted by Gasteiger charge is -2.16. The molecule has 1 N–H and O–H groups in total. The van der Waals surface area contributed by atoms with Crippen molar-refractivity contribution in [3.05, 3.63) is 30.0 Å². The monoisotopic (exact) mass is 295 g/mol. The number of fused-ring (bicyclic) bond motifs is 1. The molecule has 1 heterocycles. The van der Waals surface area contributed by atoms with Crippen LogP contribution in [-0.4, -0.2) is 23.3 Å². The molecule has 0 aliphatic carbocycles. The van der Waals surface area contributed by atoms with Crippen molar-refractivity contribution in [2.45, 2.75) is 44.7 Å². The minimum atomic E-state index is -3.15. The van der Waals surface area contributed by atoms with Crippen molar-refractivity contribution in [1.82, 2.24) is 4.57 Å². The van der Waals surface area contributed by atoms with Crippen LogP contribution < -0.4 is 0 Å². The zero-order valence-corrected chi connectivity index (χ0v) is 13.1. The Morgan fingerprint density at radius 2 is 1.80 bits per heavy atom. The molecule has 0 spiro atoms. The van der Waals surface area contributed by atoms with Gasteiger partial charge in [0.05, 0.1) is 16.5 Å². The molecule has 0 aliphatic rings. The summed E-state index contributed by atoms with van der Waals surface area (Å²) >= 11 is 0. The Morgan fingerprint density at radius 1 is 1.15 bits per heavy atom. The summed E-state index contributed by atoms with van der Waals surface area (Å²) < 4.78 is 26.3. The van der Waals surface area contributed by atoms with Crippen LogP contribution >= 0.6 is 0 Å². The third-order valence-electron chi connectivity index (χ3n) is 3.49. The van der Waals surface area contributed by atoms with Crippen LogP contribution in [0, 0.1) is 0 Å². The second-order valence-electron chi connectivity index (χ2n) is 5.70. The molecule has 5 heteroatoms. The Balaban J connectivity index is 2.62. The first-order valence-corrected chi connectivity index (χ1v) is 8.48. The SMILES string of the molecule is CC(C)n1c(CS(=O)(=O)C(C)C)cc2ccc(O)cc21. The van der Waals surface area contributed by atoms with Crippen LogP contribution in [0.25, 0.3) is 10.9 Å². The van der Waals surface area contributed by atoms with Gasteiger partial charge in [0, 0.05) is 23.2 Å². The van der Waals surface area contributed by atoms with E-state index in [1.165, 1.54) is 0 Å². The van der Waals surface area contributed by atoms with Gasteiger partial charge in [-0.25, -0.2) is 8.42 Å². The van der Waals surface area contributed by atoms with Crippen LogP contribution in [0.4, 0.5) is 0 Å². The van der Waals surface area contributed by atoms with E-state index in [9.17, 15) is 13.5 Å². The number of phenolic OH excluding ortho intramolecular Hbond substituents is 1. The molecule has 1 aromatic carbocycles. The fourth-order valence-corrected chi connectivity index (χ4v) is 3.33. The lowest BCUT2D eigenvalue weighted by molar-refractivity contribution is 0.475. The first-order chi connectivity index (χ1) is 9.22. The number of hydrogen-bond acceptors (Lipinski definition) is 3. The highest BCUT2D eigenvalue weighted by molar-refractivity contribution is 7.91. The fourth-order valence-electron chi connectivity index (χ4n) is 2.36. The lowest BCUT2D eigenvalue weighted by Crippen LogP contribution is -2.18. The van der Waals surface area contributed by atoms with E-state index in [4.69, 9.17) is 0 Å². The summed E-state index contributed by atoms with van der Waals surface area (Å²) in [5.74, 6) is 0.217. The summed E-state index contributed by atoms with van der Waals surface area (Å²) in [6, 6.07) is 7.14. The van der Waals surface area contributed by atoms with Crippen molar-refractivity contribution in [1.29, 1.82) is 0 Å². The van der Waals surface area contributed by atoms with Gasteiger partial charge in [0.2, 0.25) is 0 Å². The van der Waals surface area contributed by atoms with Gasteiger partial charge in [0.25, 0.3) is 0 Å². The predicted molar refractivity (Wildman–Crippen MR) is 81.7 cm³/mol. The lowest BCUT2D eigenvalue weighted by atomic mass is 10.2. The highest BCUT2D eigenvalue weighted by Crippen LogP contribution is 2.28. The quantitative estimate of drug-likeness (QED) is 0.942. The molecule has 0 amide bonds. The van der Waals surface area contributed by atoms with E-state index in [2.05, 4.69) is 0 Å². The molecule has 4 nitrogen and oxygen atoms in total. The molecule has 0 bridgehead atoms. The van der Waals surface area contributed by atoms with Crippen LogP contribution in [-0.2, 0) is 15.6 Å². The second-order valence-corrected chi connectivity index (χ2v) is 8.26. The molecule has 20 heavy (non-hydrogen) atoms. The zero-order valence-electron chi connectivity index (χ0n) is 12.3. The van der Waals surface area contributed by atoms with Crippen LogP contribution in [0.2, 0.25) is 0 Å². The minimum Gasteiger partial charge on any atom is -0.508 e. The van der Waals surface area contributed by atoms with Gasteiger partial charge in [-0.1, -0.05) is 0 Å². The van der Waals surface area contributed by atoms with Gasteiger partial charge in [-0.05, 0) is 45.9 Å². The summed E-state index contributed by atoms with van der Waals surface area (Å²) in [5.41, 5.74) is 1.64. The number of nitrogens with zero attached hydrogens (tertiary/aromatic N) is 1. The van der Waals surface area contributed by atoms with E-state index in [0.29, 0.717) is 0 Å². The summed E-state index contributed by atoms with van der Waals surface area (Å²) in [7, 11) is -3.15. The molecular formula is C15H21NO3S. The Morgan fingerprint density at radius 3 is 2.35 bits per heavy atom. The summed E-state index contributed by atoms with van der Waals surface area (Å²) in [4.78, 5) is 0. The summed E-state index contributed by atoms with van der Waals surface area (Å²) in [6.07, 6.45) is 0. The van der Waals surface area contributed by atoms with Crippen LogP contribution in [0.15, 0.2) is 24.3 Å². The Kier molecular flexibility index (Phi) is 3.82. The van der Waals surface area contributed by atoms with Gasteiger partial charge in [-0.3, -0.25) is 0 Å². The number of aromatic nitrogens is 1. The third-order valence-corrected chi connectivity index (χ3v) is 5.62. The fraction of sp³-hybridized carbons (Fsp3) is 0.467. The Bertz CT molecular complexity index is 727. The summed E-state index contributed by atoms with van der Waals surface area (Å²) in [5, 5.41) is 10.2. The van der Waals surface area contributed by atoms with Crippen molar-refractivity contribution in [2.75, 3.05) is 0 Å². The van der Waals surface area contributed by atoms with Crippen LogP contribution in [0.3, 0.4) is 0 Å². The average Bonchev–Trinajstić information content (AvgIpc) is 2.64. The molecule has 0 unspecified atom stereocenters. The van der Waals surface area contributed by atoms with Gasteiger partial charge < -0.3 is 9.67 Å². The van der Waals surface area contributed by atoms with Gasteiger partial charge in [-0.15, -0.1) is 0 Å². The number of rotatable bonds is 4. The van der Waals surface area contributed by atoms with Crippen LogP contribution in [0.5, 0.6) is 5.75 Å². The van der Waals surface area contributed by atoms with E-state index >= 15 is 0 Å². The molecule has 2 rings (SSSR count). The number of hydrogen-bond donors (Lipinski definition) is 1. The van der Waals surface area contributed by atoms with E-state index < -0.39 is 15.1 Å². The first-order valence-electron chi connectivity index (χ1n) is 6.77. The molecule has 1 aromatic heterocycles.